The van der Waals surface area contributed by atoms with Crippen LogP contribution in [0.25, 0.3) is 0 Å². The van der Waals surface area contributed by atoms with Crippen molar-refractivity contribution < 1.29 is 0 Å². The van der Waals surface area contributed by atoms with Crippen molar-refractivity contribution in [3.63, 3.8) is 0 Å². The molecule has 0 aliphatic heterocycles. The van der Waals surface area contributed by atoms with Crippen LogP contribution < -0.4 is 15.3 Å². The smallest absolute Gasteiger partial charge is 0.0875 e. The van der Waals surface area contributed by atoms with Gasteiger partial charge in [0, 0.05) is 17.1 Å². The Morgan fingerprint density at radius 1 is 0.464 bits per heavy atom. The largest absolute Gasteiger partial charge is 0.311 e. The van der Waals surface area contributed by atoms with Gasteiger partial charge in [-0.05, 0) is 50.2 Å². The van der Waals surface area contributed by atoms with Crippen molar-refractivity contribution in [3.05, 3.63) is 114 Å². The van der Waals surface area contributed by atoms with Crippen molar-refractivity contribution in [2.45, 2.75) is 13.8 Å². The molecule has 0 unspecified atom stereocenters. The summed E-state index contributed by atoms with van der Waals surface area (Å²) in [4.78, 5) is 2.33. The number of hydrogen-bond acceptors (Lipinski definition) is 1. The molecular formula is C26H25NSi. The maximum atomic E-state index is 2.33. The molecule has 0 saturated heterocycles. The Labute approximate surface area is 170 Å². The summed E-state index contributed by atoms with van der Waals surface area (Å²) in [6.07, 6.45) is 0. The fourth-order valence-corrected chi connectivity index (χ4v) is 4.88. The van der Waals surface area contributed by atoms with Crippen LogP contribution in [0.2, 0.25) is 0 Å². The lowest BCUT2D eigenvalue weighted by molar-refractivity contribution is 1.27. The molecule has 0 N–H and O–H groups in total. The molecule has 0 amide bonds. The van der Waals surface area contributed by atoms with Crippen molar-refractivity contribution in [1.82, 2.24) is 0 Å². The van der Waals surface area contributed by atoms with E-state index >= 15 is 0 Å². The third kappa shape index (κ3) is 4.24. The fraction of sp³-hybridized carbons (Fsp3) is 0.0769. The van der Waals surface area contributed by atoms with Gasteiger partial charge in [0.05, 0.1) is 9.52 Å². The predicted molar refractivity (Wildman–Crippen MR) is 125 cm³/mol. The first kappa shape index (κ1) is 18.3. The first-order chi connectivity index (χ1) is 13.7. The summed E-state index contributed by atoms with van der Waals surface area (Å²) in [7, 11) is -0.430. The number of rotatable bonds is 5. The van der Waals surface area contributed by atoms with Gasteiger partial charge in [-0.15, -0.1) is 0 Å². The Kier molecular flexibility index (Phi) is 5.40. The molecule has 0 aliphatic carbocycles. The molecule has 1 nitrogen and oxygen atoms in total. The molecule has 4 aromatic carbocycles. The van der Waals surface area contributed by atoms with E-state index in [1.54, 1.807) is 0 Å². The van der Waals surface area contributed by atoms with Crippen LogP contribution in [0.3, 0.4) is 0 Å². The zero-order chi connectivity index (χ0) is 19.3. The first-order valence-electron chi connectivity index (χ1n) is 9.75. The monoisotopic (exact) mass is 379 g/mol. The Balaban J connectivity index is 1.68. The van der Waals surface area contributed by atoms with E-state index in [2.05, 4.69) is 122 Å². The van der Waals surface area contributed by atoms with E-state index < -0.39 is 9.52 Å². The highest BCUT2D eigenvalue weighted by molar-refractivity contribution is 6.67. The van der Waals surface area contributed by atoms with Crippen LogP contribution in [0, 0.1) is 13.8 Å². The molecule has 0 fully saturated rings. The van der Waals surface area contributed by atoms with Gasteiger partial charge in [0.15, 0.2) is 0 Å². The average molecular weight is 380 g/mol. The molecule has 0 bridgehead atoms. The van der Waals surface area contributed by atoms with Crippen LogP contribution in [0.1, 0.15) is 11.1 Å². The average Bonchev–Trinajstić information content (AvgIpc) is 2.73. The summed E-state index contributed by atoms with van der Waals surface area (Å²) in [5.41, 5.74) is 6.11. The normalized spacial score (nSPS) is 11.1. The molecular weight excluding hydrogens is 354 g/mol. The molecule has 2 heteroatoms. The van der Waals surface area contributed by atoms with Crippen LogP contribution in [0.15, 0.2) is 103 Å². The zero-order valence-electron chi connectivity index (χ0n) is 16.5. The van der Waals surface area contributed by atoms with E-state index in [-0.39, 0.29) is 0 Å². The molecule has 0 spiro atoms. The predicted octanol–water partition coefficient (Wildman–Crippen LogP) is 4.89. The minimum atomic E-state index is -0.430. The SMILES string of the molecule is Cc1ccc(N(c2ccc(C)cc2)c2ccc([SiH2]c3ccccc3)cc2)cc1. The second-order valence-corrected chi connectivity index (χ2v) is 9.32. The second kappa shape index (κ2) is 8.28. The fourth-order valence-electron chi connectivity index (χ4n) is 3.43. The summed E-state index contributed by atoms with van der Waals surface area (Å²) in [6.45, 7) is 4.26. The summed E-state index contributed by atoms with van der Waals surface area (Å²) in [6, 6.07) is 37.4. The van der Waals surface area contributed by atoms with Crippen LogP contribution in [-0.2, 0) is 0 Å². The minimum absolute atomic E-state index is 0.430. The van der Waals surface area contributed by atoms with Gasteiger partial charge in [0.1, 0.15) is 0 Å². The van der Waals surface area contributed by atoms with Crippen molar-refractivity contribution in [2.75, 3.05) is 4.90 Å². The molecule has 0 atom stereocenters. The topological polar surface area (TPSA) is 3.24 Å². The Bertz CT molecular complexity index is 975. The van der Waals surface area contributed by atoms with E-state index in [9.17, 15) is 0 Å². The molecule has 0 radical (unpaired) electrons. The highest BCUT2D eigenvalue weighted by atomic mass is 28.2. The van der Waals surface area contributed by atoms with E-state index in [0.29, 0.717) is 0 Å². The second-order valence-electron chi connectivity index (χ2n) is 7.34. The van der Waals surface area contributed by atoms with Crippen molar-refractivity contribution >= 4 is 37.0 Å². The number of aryl methyl sites for hydroxylation is 2. The number of nitrogens with zero attached hydrogens (tertiary/aromatic N) is 1. The van der Waals surface area contributed by atoms with Gasteiger partial charge in [-0.1, -0.05) is 88.2 Å². The van der Waals surface area contributed by atoms with Gasteiger partial charge in [0.25, 0.3) is 0 Å². The highest BCUT2D eigenvalue weighted by Gasteiger charge is 2.12. The molecule has 0 heterocycles. The van der Waals surface area contributed by atoms with Gasteiger partial charge >= 0.3 is 0 Å². The lowest BCUT2D eigenvalue weighted by atomic mass is 10.1. The lowest BCUT2D eigenvalue weighted by Gasteiger charge is -2.26. The summed E-state index contributed by atoms with van der Waals surface area (Å²) in [5, 5.41) is 2.94. The highest BCUT2D eigenvalue weighted by Crippen LogP contribution is 2.34. The molecule has 0 aromatic heterocycles. The van der Waals surface area contributed by atoms with Gasteiger partial charge in [-0.2, -0.15) is 0 Å². The van der Waals surface area contributed by atoms with Crippen molar-refractivity contribution in [3.8, 4) is 0 Å². The molecule has 138 valence electrons. The van der Waals surface area contributed by atoms with Crippen LogP contribution in [-0.4, -0.2) is 9.52 Å². The maximum Gasteiger partial charge on any atom is 0.0875 e. The number of hydrogen-bond donors (Lipinski definition) is 0. The third-order valence-electron chi connectivity index (χ3n) is 5.03. The van der Waals surface area contributed by atoms with Gasteiger partial charge in [0.2, 0.25) is 0 Å². The van der Waals surface area contributed by atoms with Gasteiger partial charge in [-0.25, -0.2) is 0 Å². The number of anilines is 3. The summed E-state index contributed by atoms with van der Waals surface area (Å²) < 4.78 is 0. The van der Waals surface area contributed by atoms with Gasteiger partial charge in [-0.3, -0.25) is 0 Å². The van der Waals surface area contributed by atoms with E-state index in [0.717, 1.165) is 0 Å². The number of benzene rings is 4. The lowest BCUT2D eigenvalue weighted by Crippen LogP contribution is -2.26. The molecule has 4 rings (SSSR count). The van der Waals surface area contributed by atoms with Crippen LogP contribution >= 0.6 is 0 Å². The standard InChI is InChI=1S/C26H25NSi/c1-20-8-12-22(13-9-20)27(23-14-10-21(2)11-15-23)24-16-18-26(19-17-24)28-25-6-4-3-5-7-25/h3-19H,28H2,1-2H3. The quantitative estimate of drug-likeness (QED) is 0.446. The molecule has 28 heavy (non-hydrogen) atoms. The summed E-state index contributed by atoms with van der Waals surface area (Å²) in [5.74, 6) is 0. The molecule has 4 aromatic rings. The minimum Gasteiger partial charge on any atom is -0.311 e. The third-order valence-corrected chi connectivity index (χ3v) is 6.79. The molecule has 0 aliphatic rings. The van der Waals surface area contributed by atoms with E-state index in [1.165, 1.54) is 38.6 Å². The van der Waals surface area contributed by atoms with Crippen LogP contribution in [0.4, 0.5) is 17.1 Å². The van der Waals surface area contributed by atoms with Crippen molar-refractivity contribution in [2.24, 2.45) is 0 Å². The Morgan fingerprint density at radius 2 is 0.857 bits per heavy atom. The Hall–Kier alpha value is -3.10. The van der Waals surface area contributed by atoms with Gasteiger partial charge < -0.3 is 4.90 Å². The zero-order valence-corrected chi connectivity index (χ0v) is 17.9. The summed E-state index contributed by atoms with van der Waals surface area (Å²) >= 11 is 0. The molecule has 0 saturated carbocycles. The van der Waals surface area contributed by atoms with E-state index in [1.807, 2.05) is 0 Å². The maximum absolute atomic E-state index is 2.33. The van der Waals surface area contributed by atoms with E-state index in [4.69, 9.17) is 0 Å². The Morgan fingerprint density at radius 3 is 1.32 bits per heavy atom. The van der Waals surface area contributed by atoms with Crippen molar-refractivity contribution in [1.29, 1.82) is 0 Å². The van der Waals surface area contributed by atoms with Crippen LogP contribution in [0.5, 0.6) is 0 Å². The first-order valence-corrected chi connectivity index (χ1v) is 11.2.